The highest BCUT2D eigenvalue weighted by Gasteiger charge is 2.51. The second kappa shape index (κ2) is 8.02. The first-order valence-corrected chi connectivity index (χ1v) is 10.6. The zero-order chi connectivity index (χ0) is 22.1. The minimum Gasteiger partial charge on any atom is -0.346 e. The molecule has 160 valence electrons. The summed E-state index contributed by atoms with van der Waals surface area (Å²) < 4.78 is 1.74. The number of amides is 2. The summed E-state index contributed by atoms with van der Waals surface area (Å²) in [5.74, 6) is -0.334. The third-order valence-electron chi connectivity index (χ3n) is 5.82. The summed E-state index contributed by atoms with van der Waals surface area (Å²) in [7, 11) is 0. The molecule has 1 saturated carbocycles. The van der Waals surface area contributed by atoms with Crippen LogP contribution in [0.4, 0.5) is 5.69 Å². The lowest BCUT2D eigenvalue weighted by atomic mass is 9.85. The van der Waals surface area contributed by atoms with Gasteiger partial charge in [0, 0.05) is 18.1 Å². The van der Waals surface area contributed by atoms with E-state index < -0.39 is 5.41 Å². The summed E-state index contributed by atoms with van der Waals surface area (Å²) in [6.07, 6.45) is 5.19. The molecule has 1 fully saturated rings. The molecule has 0 radical (unpaired) electrons. The number of carbonyl (C=O) groups excluding carboxylic acids is 2. The highest BCUT2D eigenvalue weighted by Crippen LogP contribution is 2.48. The molecule has 0 unspecified atom stereocenters. The van der Waals surface area contributed by atoms with Crippen LogP contribution < -0.4 is 10.6 Å². The fraction of sp³-hybridized carbons (Fsp3) is 0.320. The Morgan fingerprint density at radius 2 is 1.71 bits per heavy atom. The maximum atomic E-state index is 12.8. The molecular formula is C25H28N4O2. The number of nitrogens with zero attached hydrogens (tertiary/aromatic N) is 2. The average Bonchev–Trinajstić information content (AvgIpc) is 3.39. The second-order valence-electron chi connectivity index (χ2n) is 9.14. The molecule has 0 saturated heterocycles. The summed E-state index contributed by atoms with van der Waals surface area (Å²) in [6, 6.07) is 17.5. The Kier molecular flexibility index (Phi) is 5.39. The lowest BCUT2D eigenvalue weighted by molar-refractivity contribution is -0.126. The molecular weight excluding hydrogens is 388 g/mol. The highest BCUT2D eigenvalue weighted by atomic mass is 16.2. The van der Waals surface area contributed by atoms with E-state index in [-0.39, 0.29) is 23.8 Å². The average molecular weight is 417 g/mol. The lowest BCUT2D eigenvalue weighted by Gasteiger charge is -2.21. The fourth-order valence-electron chi connectivity index (χ4n) is 3.72. The number of hydrogen-bond donors (Lipinski definition) is 2. The standard InChI is InChI=1S/C25H28N4O2/c1-24(2,3)18-5-7-19(8-6-18)25(13-14-25)23(31)26-17-22(30)28-20-9-11-21(12-10-20)29-16-4-15-27-29/h4-12,15-16H,13-14,17H2,1-3H3,(H,26,31)(H,28,30). The summed E-state index contributed by atoms with van der Waals surface area (Å²) >= 11 is 0. The van der Waals surface area contributed by atoms with Crippen LogP contribution in [0.25, 0.3) is 5.69 Å². The Morgan fingerprint density at radius 3 is 2.26 bits per heavy atom. The summed E-state index contributed by atoms with van der Waals surface area (Å²) in [6.45, 7) is 6.46. The van der Waals surface area contributed by atoms with Crippen LogP contribution >= 0.6 is 0 Å². The number of nitrogens with one attached hydrogen (secondary N) is 2. The SMILES string of the molecule is CC(C)(C)c1ccc(C2(C(=O)NCC(=O)Nc3ccc(-n4cccn4)cc3)CC2)cc1. The first kappa shape index (κ1) is 20.8. The van der Waals surface area contributed by atoms with Gasteiger partial charge in [0.25, 0.3) is 0 Å². The van der Waals surface area contributed by atoms with Crippen molar-refractivity contribution in [3.63, 3.8) is 0 Å². The largest absolute Gasteiger partial charge is 0.346 e. The molecule has 1 heterocycles. The lowest BCUT2D eigenvalue weighted by Crippen LogP contribution is -2.39. The van der Waals surface area contributed by atoms with Gasteiger partial charge in [-0.1, -0.05) is 45.0 Å². The van der Waals surface area contributed by atoms with Gasteiger partial charge in [0.1, 0.15) is 0 Å². The van der Waals surface area contributed by atoms with E-state index in [1.165, 1.54) is 5.56 Å². The molecule has 0 atom stereocenters. The predicted octanol–water partition coefficient (Wildman–Crippen LogP) is 3.96. The topological polar surface area (TPSA) is 76.0 Å². The van der Waals surface area contributed by atoms with Gasteiger partial charge < -0.3 is 10.6 Å². The van der Waals surface area contributed by atoms with Gasteiger partial charge >= 0.3 is 0 Å². The van der Waals surface area contributed by atoms with Crippen molar-refractivity contribution in [1.82, 2.24) is 15.1 Å². The summed E-state index contributed by atoms with van der Waals surface area (Å²) in [5, 5.41) is 9.82. The number of rotatable bonds is 6. The summed E-state index contributed by atoms with van der Waals surface area (Å²) in [4.78, 5) is 25.2. The molecule has 4 rings (SSSR count). The first-order valence-electron chi connectivity index (χ1n) is 10.6. The number of anilines is 1. The highest BCUT2D eigenvalue weighted by molar-refractivity contribution is 5.97. The Morgan fingerprint density at radius 1 is 1.03 bits per heavy atom. The van der Waals surface area contributed by atoms with E-state index in [0.717, 1.165) is 24.1 Å². The van der Waals surface area contributed by atoms with Crippen molar-refractivity contribution in [2.45, 2.75) is 44.4 Å². The Labute approximate surface area is 182 Å². The molecule has 1 aliphatic carbocycles. The number of hydrogen-bond acceptors (Lipinski definition) is 3. The molecule has 1 aliphatic rings. The van der Waals surface area contributed by atoms with Crippen LogP contribution in [0.2, 0.25) is 0 Å². The van der Waals surface area contributed by atoms with E-state index in [2.05, 4.69) is 48.6 Å². The van der Waals surface area contributed by atoms with Gasteiger partial charge in [-0.25, -0.2) is 4.68 Å². The van der Waals surface area contributed by atoms with Crippen LogP contribution in [-0.2, 0) is 20.4 Å². The summed E-state index contributed by atoms with van der Waals surface area (Å²) in [5.41, 5.74) is 3.42. The third-order valence-corrected chi connectivity index (χ3v) is 5.82. The Hall–Kier alpha value is -3.41. The number of aromatic nitrogens is 2. The van der Waals surface area contributed by atoms with Crippen LogP contribution in [0.3, 0.4) is 0 Å². The molecule has 1 aromatic heterocycles. The van der Waals surface area contributed by atoms with Crippen molar-refractivity contribution < 1.29 is 9.59 Å². The predicted molar refractivity (Wildman–Crippen MR) is 121 cm³/mol. The van der Waals surface area contributed by atoms with Gasteiger partial charge in [-0.2, -0.15) is 5.10 Å². The van der Waals surface area contributed by atoms with Crippen molar-refractivity contribution in [3.8, 4) is 5.69 Å². The normalized spacial score (nSPS) is 14.7. The van der Waals surface area contributed by atoms with E-state index in [4.69, 9.17) is 0 Å². The molecule has 6 heteroatoms. The molecule has 2 N–H and O–H groups in total. The van der Waals surface area contributed by atoms with Crippen LogP contribution in [0, 0.1) is 0 Å². The van der Waals surface area contributed by atoms with Crippen molar-refractivity contribution in [2.75, 3.05) is 11.9 Å². The van der Waals surface area contributed by atoms with Crippen LogP contribution in [0.5, 0.6) is 0 Å². The van der Waals surface area contributed by atoms with Gasteiger partial charge in [-0.15, -0.1) is 0 Å². The molecule has 2 amide bonds. The van der Waals surface area contributed by atoms with Gasteiger partial charge in [0.15, 0.2) is 0 Å². The molecule has 0 spiro atoms. The number of benzene rings is 2. The molecule has 6 nitrogen and oxygen atoms in total. The van der Waals surface area contributed by atoms with E-state index >= 15 is 0 Å². The zero-order valence-electron chi connectivity index (χ0n) is 18.2. The van der Waals surface area contributed by atoms with E-state index in [9.17, 15) is 9.59 Å². The third kappa shape index (κ3) is 4.53. The van der Waals surface area contributed by atoms with Crippen molar-refractivity contribution >= 4 is 17.5 Å². The minimum atomic E-state index is -0.498. The second-order valence-corrected chi connectivity index (χ2v) is 9.14. The smallest absolute Gasteiger partial charge is 0.243 e. The van der Waals surface area contributed by atoms with E-state index in [0.29, 0.717) is 5.69 Å². The van der Waals surface area contributed by atoms with Gasteiger partial charge in [-0.3, -0.25) is 9.59 Å². The van der Waals surface area contributed by atoms with Crippen molar-refractivity contribution in [3.05, 3.63) is 78.1 Å². The molecule has 2 aromatic carbocycles. The van der Waals surface area contributed by atoms with E-state index in [1.54, 1.807) is 10.9 Å². The van der Waals surface area contributed by atoms with Crippen LogP contribution in [0.15, 0.2) is 67.0 Å². The van der Waals surface area contributed by atoms with Crippen molar-refractivity contribution in [1.29, 1.82) is 0 Å². The maximum absolute atomic E-state index is 12.8. The van der Waals surface area contributed by atoms with E-state index in [1.807, 2.05) is 48.7 Å². The van der Waals surface area contributed by atoms with Gasteiger partial charge in [0.2, 0.25) is 11.8 Å². The van der Waals surface area contributed by atoms with Crippen LogP contribution in [-0.4, -0.2) is 28.1 Å². The molecule has 0 bridgehead atoms. The number of carbonyl (C=O) groups is 2. The Bertz CT molecular complexity index is 1060. The Balaban J connectivity index is 1.32. The molecule has 0 aliphatic heterocycles. The van der Waals surface area contributed by atoms with Crippen molar-refractivity contribution in [2.24, 2.45) is 0 Å². The fourth-order valence-corrected chi connectivity index (χ4v) is 3.72. The monoisotopic (exact) mass is 416 g/mol. The first-order chi connectivity index (χ1) is 14.8. The molecule has 3 aromatic rings. The zero-order valence-corrected chi connectivity index (χ0v) is 18.2. The maximum Gasteiger partial charge on any atom is 0.243 e. The minimum absolute atomic E-state index is 0.0540. The molecule has 31 heavy (non-hydrogen) atoms. The van der Waals surface area contributed by atoms with Gasteiger partial charge in [0.05, 0.1) is 17.6 Å². The van der Waals surface area contributed by atoms with Crippen LogP contribution in [0.1, 0.15) is 44.7 Å². The van der Waals surface area contributed by atoms with Gasteiger partial charge in [-0.05, 0) is 59.7 Å². The quantitative estimate of drug-likeness (QED) is 0.639.